The van der Waals surface area contributed by atoms with Crippen molar-refractivity contribution in [3.8, 4) is 0 Å². The number of rotatable bonds is 2. The molecule has 2 rings (SSSR count). The van der Waals surface area contributed by atoms with Crippen LogP contribution < -0.4 is 21.3 Å². The number of hydrogen-bond acceptors (Lipinski definition) is 2. The van der Waals surface area contributed by atoms with Gasteiger partial charge in [0.05, 0.1) is 0 Å². The molecule has 0 heterocycles. The fourth-order valence-corrected chi connectivity index (χ4v) is 1.70. The summed E-state index contributed by atoms with van der Waals surface area (Å²) in [6.07, 6.45) is 0. The molecule has 4 nitrogen and oxygen atoms in total. The Morgan fingerprint density at radius 3 is 1.27 bits per heavy atom. The van der Waals surface area contributed by atoms with Crippen molar-refractivity contribution >= 4 is 46.0 Å². The number of nitrogens with one attached hydrogen (secondary N) is 4. The maximum Gasteiger partial charge on any atom is 0.175 e. The molecule has 116 valence electrons. The quantitative estimate of drug-likeness (QED) is 0.634. The van der Waals surface area contributed by atoms with Crippen molar-refractivity contribution in [3.05, 3.63) is 60.7 Å². The monoisotopic (exact) mass is 332 g/mol. The van der Waals surface area contributed by atoms with Crippen LogP contribution in [0.15, 0.2) is 60.7 Å². The first-order valence-corrected chi connectivity index (χ1v) is 7.55. The van der Waals surface area contributed by atoms with E-state index in [-0.39, 0.29) is 0 Å². The Morgan fingerprint density at radius 1 is 0.636 bits per heavy atom. The van der Waals surface area contributed by atoms with Gasteiger partial charge in [0.15, 0.2) is 10.2 Å². The van der Waals surface area contributed by atoms with Gasteiger partial charge in [-0.25, -0.2) is 0 Å². The Hall–Kier alpha value is -2.18. The van der Waals surface area contributed by atoms with Gasteiger partial charge in [-0.15, -0.1) is 0 Å². The molecule has 0 aromatic heterocycles. The lowest BCUT2D eigenvalue weighted by atomic mass is 10.3. The molecule has 0 saturated carbocycles. The number of para-hydroxylation sites is 2. The molecule has 6 heteroatoms. The van der Waals surface area contributed by atoms with Crippen LogP contribution in [0.2, 0.25) is 0 Å². The molecule has 0 spiro atoms. The molecule has 0 bridgehead atoms. The maximum absolute atomic E-state index is 5.20. The Labute approximate surface area is 142 Å². The van der Waals surface area contributed by atoms with E-state index in [4.69, 9.17) is 12.2 Å². The number of hydrogen-bond donors (Lipinski definition) is 4. The summed E-state index contributed by atoms with van der Waals surface area (Å²) >= 11 is 9.83. The van der Waals surface area contributed by atoms with Crippen LogP contribution in [-0.2, 0) is 0 Å². The van der Waals surface area contributed by atoms with Crippen molar-refractivity contribution in [2.45, 2.75) is 0 Å². The molecule has 0 amide bonds. The van der Waals surface area contributed by atoms with E-state index in [2.05, 4.69) is 33.5 Å². The Balaban J connectivity index is 0.000000346. The van der Waals surface area contributed by atoms with E-state index in [1.165, 1.54) is 0 Å². The molecule has 0 radical (unpaired) electrons. The largest absolute Gasteiger partial charge is 0.366 e. The van der Waals surface area contributed by atoms with Crippen LogP contribution in [-0.4, -0.2) is 24.3 Å². The molecular weight excluding hydrogens is 312 g/mol. The predicted octanol–water partition coefficient (Wildman–Crippen LogP) is 3.21. The average molecular weight is 332 g/mol. The Bertz CT molecular complexity index is 524. The first kappa shape index (κ1) is 17.9. The van der Waals surface area contributed by atoms with Gasteiger partial charge < -0.3 is 21.3 Å². The van der Waals surface area contributed by atoms with Crippen LogP contribution in [0.25, 0.3) is 0 Å². The normalized spacial score (nSPS) is 8.82. The number of anilines is 2. The fourth-order valence-electron chi connectivity index (χ4n) is 1.46. The zero-order valence-corrected chi connectivity index (χ0v) is 14.2. The van der Waals surface area contributed by atoms with Gasteiger partial charge in [-0.2, -0.15) is 0 Å². The van der Waals surface area contributed by atoms with Gasteiger partial charge in [0.25, 0.3) is 0 Å². The zero-order chi connectivity index (χ0) is 16.2. The molecule has 22 heavy (non-hydrogen) atoms. The molecule has 0 aliphatic heterocycles. The van der Waals surface area contributed by atoms with E-state index in [0.717, 1.165) is 11.4 Å². The molecule has 0 unspecified atom stereocenters. The van der Waals surface area contributed by atoms with Crippen LogP contribution in [0, 0.1) is 0 Å². The molecule has 4 N–H and O–H groups in total. The summed E-state index contributed by atoms with van der Waals surface area (Å²) in [6, 6.07) is 19.7. The lowest BCUT2D eigenvalue weighted by Crippen LogP contribution is -2.28. The van der Waals surface area contributed by atoms with Crippen molar-refractivity contribution in [1.82, 2.24) is 10.6 Å². The minimum absolute atomic E-state index is 0.595. The summed E-state index contributed by atoms with van der Waals surface area (Å²) in [6.45, 7) is 0. The van der Waals surface area contributed by atoms with Gasteiger partial charge in [0.1, 0.15) is 0 Å². The third-order valence-corrected chi connectivity index (χ3v) is 3.13. The lowest BCUT2D eigenvalue weighted by Gasteiger charge is -2.09. The van der Waals surface area contributed by atoms with Crippen LogP contribution in [0.3, 0.4) is 0 Å². The average Bonchev–Trinajstić information content (AvgIpc) is 2.56. The van der Waals surface area contributed by atoms with Gasteiger partial charge in [0.2, 0.25) is 0 Å². The van der Waals surface area contributed by atoms with E-state index in [1.54, 1.807) is 14.1 Å². The van der Waals surface area contributed by atoms with Crippen LogP contribution in [0.5, 0.6) is 0 Å². The van der Waals surface area contributed by atoms with Crippen LogP contribution in [0.4, 0.5) is 11.4 Å². The summed E-state index contributed by atoms with van der Waals surface area (Å²) in [5.74, 6) is 0. The molecule has 0 atom stereocenters. The summed E-state index contributed by atoms with van der Waals surface area (Å²) < 4.78 is 0. The highest BCUT2D eigenvalue weighted by atomic mass is 32.1. The topological polar surface area (TPSA) is 48.1 Å². The van der Waals surface area contributed by atoms with E-state index >= 15 is 0 Å². The first-order chi connectivity index (χ1) is 10.7. The fraction of sp³-hybridized carbons (Fsp3) is 0.125. The van der Waals surface area contributed by atoms with Gasteiger partial charge in [-0.3, -0.25) is 0 Å². The lowest BCUT2D eigenvalue weighted by molar-refractivity contribution is 1.06. The third kappa shape index (κ3) is 7.56. The molecule has 2 aromatic rings. The minimum atomic E-state index is 0.595. The van der Waals surface area contributed by atoms with E-state index in [9.17, 15) is 0 Å². The molecule has 0 aliphatic carbocycles. The Kier molecular flexibility index (Phi) is 8.56. The highest BCUT2D eigenvalue weighted by molar-refractivity contribution is 7.80. The second-order valence-electron chi connectivity index (χ2n) is 4.14. The summed E-state index contributed by atoms with van der Waals surface area (Å²) in [5, 5.41) is 13.0. The van der Waals surface area contributed by atoms with Crippen LogP contribution in [0.1, 0.15) is 0 Å². The van der Waals surface area contributed by atoms with Crippen molar-refractivity contribution in [2.75, 3.05) is 24.7 Å². The van der Waals surface area contributed by atoms with Crippen molar-refractivity contribution in [3.63, 3.8) is 0 Å². The Morgan fingerprint density at radius 2 is 1.00 bits per heavy atom. The molecule has 2 aromatic carbocycles. The van der Waals surface area contributed by atoms with Gasteiger partial charge in [-0.05, 0) is 48.7 Å². The standard InChI is InChI=1S/C13H12N2S.C3H8N2S/c16-13(14-11-7-3-1-4-8-11)15-12-9-5-2-6-10-12;1-4-3(6)5-2/h1-10H,(H2,14,15,16);1-2H3,(H2,4,5,6). The molecular formula is C16H20N4S2. The SMILES string of the molecule is CNC(=S)NC.S=C(Nc1ccccc1)Nc1ccccc1. The molecule has 0 fully saturated rings. The van der Waals surface area contributed by atoms with Crippen molar-refractivity contribution < 1.29 is 0 Å². The first-order valence-electron chi connectivity index (χ1n) is 6.73. The van der Waals surface area contributed by atoms with E-state index in [1.807, 2.05) is 60.7 Å². The third-order valence-electron chi connectivity index (χ3n) is 2.52. The molecule has 0 saturated heterocycles. The van der Waals surface area contributed by atoms with Gasteiger partial charge in [-0.1, -0.05) is 36.4 Å². The summed E-state index contributed by atoms with van der Waals surface area (Å²) in [5.41, 5.74) is 1.96. The highest BCUT2D eigenvalue weighted by Crippen LogP contribution is 2.08. The second kappa shape index (κ2) is 10.5. The summed E-state index contributed by atoms with van der Waals surface area (Å²) in [4.78, 5) is 0. The second-order valence-corrected chi connectivity index (χ2v) is 4.96. The van der Waals surface area contributed by atoms with Gasteiger partial charge >= 0.3 is 0 Å². The highest BCUT2D eigenvalue weighted by Gasteiger charge is 1.96. The van der Waals surface area contributed by atoms with E-state index in [0.29, 0.717) is 10.2 Å². The molecule has 0 aliphatic rings. The van der Waals surface area contributed by atoms with Crippen LogP contribution >= 0.6 is 24.4 Å². The number of benzene rings is 2. The van der Waals surface area contributed by atoms with Crippen molar-refractivity contribution in [2.24, 2.45) is 0 Å². The van der Waals surface area contributed by atoms with Gasteiger partial charge in [0, 0.05) is 25.5 Å². The summed E-state index contributed by atoms with van der Waals surface area (Å²) in [7, 11) is 3.55. The maximum atomic E-state index is 5.20. The van der Waals surface area contributed by atoms with E-state index < -0.39 is 0 Å². The van der Waals surface area contributed by atoms with Crippen molar-refractivity contribution in [1.29, 1.82) is 0 Å². The number of thiocarbonyl (C=S) groups is 2. The minimum Gasteiger partial charge on any atom is -0.366 e. The zero-order valence-electron chi connectivity index (χ0n) is 12.6. The predicted molar refractivity (Wildman–Crippen MR) is 103 cm³/mol. The smallest absolute Gasteiger partial charge is 0.175 e.